The van der Waals surface area contributed by atoms with Gasteiger partial charge in [-0.1, -0.05) is 59.8 Å². The lowest BCUT2D eigenvalue weighted by molar-refractivity contribution is 0.392. The molecule has 2 aromatic rings. The van der Waals surface area contributed by atoms with Gasteiger partial charge in [-0.3, -0.25) is 4.99 Å². The van der Waals surface area contributed by atoms with Gasteiger partial charge in [0.1, 0.15) is 0 Å². The molecule has 1 atom stereocenters. The summed E-state index contributed by atoms with van der Waals surface area (Å²) in [4.78, 5) is 9.79. The van der Waals surface area contributed by atoms with E-state index >= 15 is 0 Å². The summed E-state index contributed by atoms with van der Waals surface area (Å²) < 4.78 is 0. The molecule has 1 fully saturated rings. The van der Waals surface area contributed by atoms with Gasteiger partial charge in [0.2, 0.25) is 0 Å². The first-order chi connectivity index (χ1) is 12.3. The molecule has 130 valence electrons. The Morgan fingerprint density at radius 3 is 2.32 bits per heavy atom. The van der Waals surface area contributed by atoms with Crippen LogP contribution in [-0.2, 0) is 6.42 Å². The zero-order chi connectivity index (χ0) is 17.1. The van der Waals surface area contributed by atoms with Gasteiger partial charge in [-0.05, 0) is 31.0 Å². The van der Waals surface area contributed by atoms with E-state index in [4.69, 9.17) is 4.99 Å². The standard InChI is InChI=1S/C21H25N3S/c1-17-7-9-19(10-8-17)23-11-13-24(14-12-23)21-22-16-20(25-21)15-18-5-3-2-4-6-18/h2-10,20H,11-16H2,1H3. The van der Waals surface area contributed by atoms with Crippen LogP contribution in [0.5, 0.6) is 0 Å². The minimum Gasteiger partial charge on any atom is -0.368 e. The lowest BCUT2D eigenvalue weighted by Crippen LogP contribution is -2.47. The van der Waals surface area contributed by atoms with Crippen molar-refractivity contribution in [2.45, 2.75) is 18.6 Å². The highest BCUT2D eigenvalue weighted by atomic mass is 32.2. The Kier molecular flexibility index (Phi) is 4.97. The topological polar surface area (TPSA) is 18.8 Å². The van der Waals surface area contributed by atoms with Crippen LogP contribution in [-0.4, -0.2) is 48.0 Å². The third-order valence-electron chi connectivity index (χ3n) is 4.96. The molecular formula is C21H25N3S. The van der Waals surface area contributed by atoms with Crippen molar-refractivity contribution in [1.29, 1.82) is 0 Å². The van der Waals surface area contributed by atoms with Crippen LogP contribution < -0.4 is 4.90 Å². The fourth-order valence-electron chi connectivity index (χ4n) is 3.47. The number of hydrogen-bond acceptors (Lipinski definition) is 4. The van der Waals surface area contributed by atoms with Gasteiger partial charge >= 0.3 is 0 Å². The molecule has 0 aromatic heterocycles. The predicted octanol–water partition coefficient (Wildman–Crippen LogP) is 3.83. The van der Waals surface area contributed by atoms with Crippen LogP contribution in [0.2, 0.25) is 0 Å². The molecule has 25 heavy (non-hydrogen) atoms. The first-order valence-corrected chi connectivity index (χ1v) is 9.97. The SMILES string of the molecule is Cc1ccc(N2CCN(C3=NCC(Cc4ccccc4)S3)CC2)cc1. The summed E-state index contributed by atoms with van der Waals surface area (Å²) in [5.74, 6) is 0. The highest BCUT2D eigenvalue weighted by molar-refractivity contribution is 8.14. The lowest BCUT2D eigenvalue weighted by Gasteiger charge is -2.37. The predicted molar refractivity (Wildman–Crippen MR) is 109 cm³/mol. The van der Waals surface area contributed by atoms with E-state index in [2.05, 4.69) is 71.3 Å². The van der Waals surface area contributed by atoms with Gasteiger partial charge < -0.3 is 9.80 Å². The van der Waals surface area contributed by atoms with Crippen LogP contribution >= 0.6 is 11.8 Å². The number of aliphatic imine (C=N–C) groups is 1. The minimum absolute atomic E-state index is 0.590. The smallest absolute Gasteiger partial charge is 0.159 e. The number of nitrogens with zero attached hydrogens (tertiary/aromatic N) is 3. The van der Waals surface area contributed by atoms with Gasteiger partial charge in [0.05, 0.1) is 6.54 Å². The van der Waals surface area contributed by atoms with E-state index in [-0.39, 0.29) is 0 Å². The van der Waals surface area contributed by atoms with Crippen molar-refractivity contribution in [3.8, 4) is 0 Å². The summed E-state index contributed by atoms with van der Waals surface area (Å²) >= 11 is 1.97. The molecule has 2 aromatic carbocycles. The monoisotopic (exact) mass is 351 g/mol. The number of rotatable bonds is 3. The van der Waals surface area contributed by atoms with E-state index in [1.807, 2.05) is 11.8 Å². The summed E-state index contributed by atoms with van der Waals surface area (Å²) in [6.07, 6.45) is 1.11. The van der Waals surface area contributed by atoms with Gasteiger partial charge in [-0.15, -0.1) is 0 Å². The van der Waals surface area contributed by atoms with Gasteiger partial charge in [-0.25, -0.2) is 0 Å². The summed E-state index contributed by atoms with van der Waals surface area (Å²) in [6, 6.07) is 19.7. The molecule has 2 aliphatic rings. The van der Waals surface area contributed by atoms with E-state index in [9.17, 15) is 0 Å². The number of thioether (sulfide) groups is 1. The fraction of sp³-hybridized carbons (Fsp3) is 0.381. The van der Waals surface area contributed by atoms with Crippen molar-refractivity contribution in [2.24, 2.45) is 4.99 Å². The molecule has 0 aliphatic carbocycles. The first-order valence-electron chi connectivity index (χ1n) is 9.09. The molecule has 0 spiro atoms. The van der Waals surface area contributed by atoms with Crippen LogP contribution in [0.1, 0.15) is 11.1 Å². The Morgan fingerprint density at radius 2 is 1.60 bits per heavy atom. The van der Waals surface area contributed by atoms with E-state index in [1.165, 1.54) is 22.0 Å². The number of benzene rings is 2. The zero-order valence-electron chi connectivity index (χ0n) is 14.8. The Hall–Kier alpha value is -1.94. The van der Waals surface area contributed by atoms with Crippen molar-refractivity contribution in [1.82, 2.24) is 4.90 Å². The minimum atomic E-state index is 0.590. The molecular weight excluding hydrogens is 326 g/mol. The third kappa shape index (κ3) is 4.01. The van der Waals surface area contributed by atoms with Crippen LogP contribution in [0.15, 0.2) is 59.6 Å². The average Bonchev–Trinajstić information content (AvgIpc) is 3.12. The Bertz CT molecular complexity index is 719. The van der Waals surface area contributed by atoms with Crippen LogP contribution in [0.4, 0.5) is 5.69 Å². The molecule has 0 N–H and O–H groups in total. The number of aryl methyl sites for hydroxylation is 1. The molecule has 1 saturated heterocycles. The van der Waals surface area contributed by atoms with Crippen molar-refractivity contribution in [3.05, 3.63) is 65.7 Å². The normalized spacial score (nSPS) is 20.7. The summed E-state index contributed by atoms with van der Waals surface area (Å²) in [6.45, 7) is 7.38. The van der Waals surface area contributed by atoms with E-state index in [1.54, 1.807) is 0 Å². The number of amidine groups is 1. The Balaban J connectivity index is 1.29. The first kappa shape index (κ1) is 16.5. The fourth-order valence-corrected chi connectivity index (χ4v) is 4.68. The maximum absolute atomic E-state index is 4.83. The Morgan fingerprint density at radius 1 is 0.920 bits per heavy atom. The maximum atomic E-state index is 4.83. The van der Waals surface area contributed by atoms with Gasteiger partial charge in [0.25, 0.3) is 0 Å². The molecule has 4 rings (SSSR count). The molecule has 0 saturated carbocycles. The second-order valence-electron chi connectivity index (χ2n) is 6.86. The third-order valence-corrected chi connectivity index (χ3v) is 6.20. The molecule has 1 unspecified atom stereocenters. The molecule has 2 heterocycles. The van der Waals surface area contributed by atoms with Crippen molar-refractivity contribution >= 4 is 22.6 Å². The van der Waals surface area contributed by atoms with Crippen LogP contribution in [0, 0.1) is 6.92 Å². The van der Waals surface area contributed by atoms with Crippen molar-refractivity contribution in [3.63, 3.8) is 0 Å². The highest BCUT2D eigenvalue weighted by Gasteiger charge is 2.26. The maximum Gasteiger partial charge on any atom is 0.159 e. The van der Waals surface area contributed by atoms with E-state index in [0.29, 0.717) is 5.25 Å². The Labute approximate surface area is 154 Å². The van der Waals surface area contributed by atoms with Gasteiger partial charge in [0, 0.05) is 37.1 Å². The summed E-state index contributed by atoms with van der Waals surface area (Å²) in [7, 11) is 0. The molecule has 0 radical (unpaired) electrons. The largest absolute Gasteiger partial charge is 0.368 e. The van der Waals surface area contributed by atoms with Gasteiger partial charge in [0.15, 0.2) is 5.17 Å². The summed E-state index contributed by atoms with van der Waals surface area (Å²) in [5, 5.41) is 1.84. The summed E-state index contributed by atoms with van der Waals surface area (Å²) in [5.41, 5.74) is 4.08. The zero-order valence-corrected chi connectivity index (χ0v) is 15.6. The quantitative estimate of drug-likeness (QED) is 0.837. The average molecular weight is 352 g/mol. The number of piperazine rings is 1. The van der Waals surface area contributed by atoms with Crippen LogP contribution in [0.25, 0.3) is 0 Å². The molecule has 3 nitrogen and oxygen atoms in total. The second-order valence-corrected chi connectivity index (χ2v) is 8.13. The van der Waals surface area contributed by atoms with E-state index < -0.39 is 0 Å². The van der Waals surface area contributed by atoms with E-state index in [0.717, 1.165) is 39.1 Å². The molecule has 4 heteroatoms. The van der Waals surface area contributed by atoms with Crippen LogP contribution in [0.3, 0.4) is 0 Å². The highest BCUT2D eigenvalue weighted by Crippen LogP contribution is 2.27. The lowest BCUT2D eigenvalue weighted by atomic mass is 10.1. The van der Waals surface area contributed by atoms with Gasteiger partial charge in [-0.2, -0.15) is 0 Å². The molecule has 0 bridgehead atoms. The molecule has 2 aliphatic heterocycles. The van der Waals surface area contributed by atoms with Crippen molar-refractivity contribution < 1.29 is 0 Å². The molecule has 0 amide bonds. The van der Waals surface area contributed by atoms with Crippen molar-refractivity contribution in [2.75, 3.05) is 37.6 Å². The second kappa shape index (κ2) is 7.52. The number of anilines is 1. The number of hydrogen-bond donors (Lipinski definition) is 0.